The van der Waals surface area contributed by atoms with Crippen molar-refractivity contribution in [2.45, 2.75) is 12.0 Å². The van der Waals surface area contributed by atoms with Crippen molar-refractivity contribution < 1.29 is 10.0 Å². The van der Waals surface area contributed by atoms with Crippen LogP contribution in [0.4, 0.5) is 0 Å². The van der Waals surface area contributed by atoms with Crippen LogP contribution in [0.1, 0.15) is 6.42 Å². The first-order chi connectivity index (χ1) is 5.79. The maximum absolute atomic E-state index is 11.3. The molecule has 0 aromatic heterocycles. The van der Waals surface area contributed by atoms with E-state index in [1.807, 2.05) is 0 Å². The van der Waals surface area contributed by atoms with Crippen LogP contribution in [0.25, 0.3) is 0 Å². The van der Waals surface area contributed by atoms with Crippen molar-refractivity contribution in [2.75, 3.05) is 11.5 Å². The van der Waals surface area contributed by atoms with Crippen LogP contribution in [0.5, 0.6) is 0 Å². The van der Waals surface area contributed by atoms with Gasteiger partial charge in [0.2, 0.25) is 0 Å². The molecule has 66 valence electrons. The molecule has 3 N–H and O–H groups in total. The van der Waals surface area contributed by atoms with Gasteiger partial charge in [-0.05, 0) is 12.2 Å². The van der Waals surface area contributed by atoms with E-state index < -0.39 is 5.54 Å². The number of hydroxylamine groups is 1. The summed E-state index contributed by atoms with van der Waals surface area (Å²) in [6, 6.07) is 0. The van der Waals surface area contributed by atoms with Crippen molar-refractivity contribution in [3.63, 3.8) is 0 Å². The van der Waals surface area contributed by atoms with E-state index in [0.29, 0.717) is 11.5 Å². The lowest BCUT2D eigenvalue weighted by atomic mass is 9.94. The highest BCUT2D eigenvalue weighted by Gasteiger charge is 2.48. The molecular weight excluding hydrogens is 178 g/mol. The van der Waals surface area contributed by atoms with E-state index in [4.69, 9.17) is 5.21 Å². The zero-order chi connectivity index (χ0) is 8.60. The number of hydrogen-bond donors (Lipinski definition) is 3. The van der Waals surface area contributed by atoms with E-state index in [0.717, 1.165) is 12.2 Å². The quantitative estimate of drug-likeness (QED) is 0.476. The number of fused-ring (bicyclic) bond motifs is 1. The number of nitrogens with one attached hydrogen (secondary N) is 2. The zero-order valence-corrected chi connectivity index (χ0v) is 7.15. The van der Waals surface area contributed by atoms with Gasteiger partial charge in [0, 0.05) is 5.75 Å². The highest BCUT2D eigenvalue weighted by Crippen LogP contribution is 2.27. The van der Waals surface area contributed by atoms with E-state index in [1.54, 1.807) is 11.8 Å². The molecule has 6 heteroatoms. The number of hydrogen-bond acceptors (Lipinski definition) is 5. The van der Waals surface area contributed by atoms with Crippen LogP contribution in [0.15, 0.2) is 5.10 Å². The monoisotopic (exact) mass is 187 g/mol. The summed E-state index contributed by atoms with van der Waals surface area (Å²) in [4.78, 5) is 11.3. The summed E-state index contributed by atoms with van der Waals surface area (Å²) in [5.41, 5.74) is 4.21. The second-order valence-corrected chi connectivity index (χ2v) is 3.92. The third-order valence-corrected chi connectivity index (χ3v) is 3.30. The smallest absolute Gasteiger partial charge is 0.269 e. The molecule has 2 rings (SSSR count). The van der Waals surface area contributed by atoms with Gasteiger partial charge in [-0.25, -0.2) is 5.43 Å². The standard InChI is InChI=1S/C6H9N3O2S/c10-5-6(9-11)3-12-2-1-4(6)7-8-5/h9,11H,1-3H2,(H,8,10). The zero-order valence-electron chi connectivity index (χ0n) is 6.33. The predicted octanol–water partition coefficient (Wildman–Crippen LogP) is -0.673. The molecule has 1 fully saturated rings. The van der Waals surface area contributed by atoms with Crippen LogP contribution in [0, 0.1) is 0 Å². The molecule has 2 aliphatic rings. The van der Waals surface area contributed by atoms with Crippen LogP contribution in [-0.4, -0.2) is 33.9 Å². The van der Waals surface area contributed by atoms with E-state index >= 15 is 0 Å². The molecule has 1 unspecified atom stereocenters. The first kappa shape index (κ1) is 8.03. The van der Waals surface area contributed by atoms with Crippen LogP contribution in [0.3, 0.4) is 0 Å². The number of carbonyl (C=O) groups is 1. The lowest BCUT2D eigenvalue weighted by Gasteiger charge is -2.29. The molecule has 12 heavy (non-hydrogen) atoms. The largest absolute Gasteiger partial charge is 0.315 e. The van der Waals surface area contributed by atoms with E-state index in [-0.39, 0.29) is 5.91 Å². The first-order valence-corrected chi connectivity index (χ1v) is 4.81. The van der Waals surface area contributed by atoms with Gasteiger partial charge in [0.05, 0.1) is 5.71 Å². The molecule has 2 heterocycles. The average molecular weight is 187 g/mol. The summed E-state index contributed by atoms with van der Waals surface area (Å²) < 4.78 is 0. The molecular formula is C6H9N3O2S. The van der Waals surface area contributed by atoms with E-state index in [9.17, 15) is 4.79 Å². The van der Waals surface area contributed by atoms with Gasteiger partial charge in [-0.2, -0.15) is 22.3 Å². The molecule has 0 spiro atoms. The third kappa shape index (κ3) is 0.886. The van der Waals surface area contributed by atoms with Gasteiger partial charge >= 0.3 is 0 Å². The second kappa shape index (κ2) is 2.72. The molecule has 0 saturated carbocycles. The van der Waals surface area contributed by atoms with Crippen molar-refractivity contribution in [2.24, 2.45) is 5.10 Å². The second-order valence-electron chi connectivity index (χ2n) is 2.82. The van der Waals surface area contributed by atoms with Crippen LogP contribution in [0.2, 0.25) is 0 Å². The van der Waals surface area contributed by atoms with Gasteiger partial charge in [-0.1, -0.05) is 0 Å². The summed E-state index contributed by atoms with van der Waals surface area (Å²) in [5, 5.41) is 12.8. The third-order valence-electron chi connectivity index (χ3n) is 2.17. The van der Waals surface area contributed by atoms with E-state index in [2.05, 4.69) is 16.0 Å². The molecule has 2 aliphatic heterocycles. The van der Waals surface area contributed by atoms with Crippen LogP contribution < -0.4 is 10.9 Å². The molecule has 1 amide bonds. The molecule has 0 aromatic rings. The Morgan fingerprint density at radius 3 is 3.25 bits per heavy atom. The van der Waals surface area contributed by atoms with Crippen LogP contribution in [-0.2, 0) is 4.79 Å². The number of rotatable bonds is 1. The number of nitrogens with zero attached hydrogens (tertiary/aromatic N) is 1. The maximum Gasteiger partial charge on any atom is 0.269 e. The van der Waals surface area contributed by atoms with Gasteiger partial charge in [0.25, 0.3) is 5.91 Å². The van der Waals surface area contributed by atoms with Crippen molar-refractivity contribution in [1.82, 2.24) is 10.9 Å². The summed E-state index contributed by atoms with van der Waals surface area (Å²) in [5.74, 6) is 1.25. The summed E-state index contributed by atoms with van der Waals surface area (Å²) >= 11 is 1.63. The lowest BCUT2D eigenvalue weighted by Crippen LogP contribution is -2.59. The van der Waals surface area contributed by atoms with Gasteiger partial charge < -0.3 is 5.21 Å². The highest BCUT2D eigenvalue weighted by molar-refractivity contribution is 7.99. The Bertz CT molecular complexity index is 255. The number of amides is 1. The Kier molecular flexibility index (Phi) is 1.82. The minimum Gasteiger partial charge on any atom is -0.315 e. The Labute approximate surface area is 73.6 Å². The minimum atomic E-state index is -0.942. The fourth-order valence-electron chi connectivity index (χ4n) is 1.40. The Hall–Kier alpha value is -0.590. The van der Waals surface area contributed by atoms with Gasteiger partial charge in [0.1, 0.15) is 0 Å². The number of hydrazone groups is 1. The number of carbonyl (C=O) groups excluding carboxylic acids is 1. The Balaban J connectivity index is 2.33. The Morgan fingerprint density at radius 2 is 2.58 bits per heavy atom. The molecule has 1 saturated heterocycles. The van der Waals surface area contributed by atoms with E-state index in [1.165, 1.54) is 0 Å². The lowest BCUT2D eigenvalue weighted by molar-refractivity contribution is -0.126. The Morgan fingerprint density at radius 1 is 1.75 bits per heavy atom. The fraction of sp³-hybridized carbons (Fsp3) is 0.667. The molecule has 0 aromatic carbocycles. The van der Waals surface area contributed by atoms with Crippen molar-refractivity contribution in [3.8, 4) is 0 Å². The highest BCUT2D eigenvalue weighted by atomic mass is 32.2. The minimum absolute atomic E-state index is 0.257. The fourth-order valence-corrected chi connectivity index (χ4v) is 2.55. The summed E-state index contributed by atoms with van der Waals surface area (Å²) in [6.07, 6.45) is 0.747. The average Bonchev–Trinajstić information content (AvgIpc) is 2.45. The normalized spacial score (nSPS) is 34.1. The van der Waals surface area contributed by atoms with Crippen molar-refractivity contribution in [1.29, 1.82) is 0 Å². The van der Waals surface area contributed by atoms with Crippen LogP contribution >= 0.6 is 11.8 Å². The molecule has 0 aliphatic carbocycles. The molecule has 1 atom stereocenters. The molecule has 0 bridgehead atoms. The van der Waals surface area contributed by atoms with Crippen molar-refractivity contribution >= 4 is 23.4 Å². The SMILES string of the molecule is O=C1NN=C2CCSCC12NO. The predicted molar refractivity (Wildman–Crippen MR) is 45.2 cm³/mol. The van der Waals surface area contributed by atoms with Crippen molar-refractivity contribution in [3.05, 3.63) is 0 Å². The first-order valence-electron chi connectivity index (χ1n) is 3.66. The number of thioether (sulfide) groups is 1. The molecule has 5 nitrogen and oxygen atoms in total. The van der Waals surface area contributed by atoms with Gasteiger partial charge in [-0.15, -0.1) is 0 Å². The summed E-state index contributed by atoms with van der Waals surface area (Å²) in [7, 11) is 0. The topological polar surface area (TPSA) is 73.7 Å². The summed E-state index contributed by atoms with van der Waals surface area (Å²) in [6.45, 7) is 0. The molecule has 0 radical (unpaired) electrons. The van der Waals surface area contributed by atoms with Gasteiger partial charge in [-0.3, -0.25) is 4.79 Å². The maximum atomic E-state index is 11.3. The van der Waals surface area contributed by atoms with Gasteiger partial charge in [0.15, 0.2) is 5.54 Å².